The molecule has 1 aromatic carbocycles. The summed E-state index contributed by atoms with van der Waals surface area (Å²) in [6.45, 7) is 2.73. The first-order valence-electron chi connectivity index (χ1n) is 6.16. The van der Waals surface area contributed by atoms with Gasteiger partial charge in [-0.3, -0.25) is 0 Å². The third-order valence-electron chi connectivity index (χ3n) is 3.38. The Morgan fingerprint density at radius 1 is 1.50 bits per heavy atom. The molecule has 0 bridgehead atoms. The van der Waals surface area contributed by atoms with Gasteiger partial charge in [0, 0.05) is 12.5 Å². The number of hydrogen-bond acceptors (Lipinski definition) is 3. The molecular formula is C14H17FO3. The van der Waals surface area contributed by atoms with Gasteiger partial charge < -0.3 is 9.47 Å². The summed E-state index contributed by atoms with van der Waals surface area (Å²) in [5.74, 6) is -0.758. The van der Waals surface area contributed by atoms with E-state index in [2.05, 4.69) is 4.74 Å². The molecule has 2 rings (SSSR count). The Balaban J connectivity index is 2.33. The maximum absolute atomic E-state index is 13.6. The van der Waals surface area contributed by atoms with Crippen molar-refractivity contribution >= 4 is 5.97 Å². The fourth-order valence-electron chi connectivity index (χ4n) is 2.49. The van der Waals surface area contributed by atoms with Gasteiger partial charge >= 0.3 is 5.97 Å². The molecule has 0 amide bonds. The monoisotopic (exact) mass is 252 g/mol. The number of halogens is 1. The lowest BCUT2D eigenvalue weighted by Gasteiger charge is -2.17. The molecule has 2 unspecified atom stereocenters. The number of rotatable bonds is 3. The van der Waals surface area contributed by atoms with E-state index in [9.17, 15) is 9.18 Å². The Morgan fingerprint density at radius 2 is 2.28 bits per heavy atom. The lowest BCUT2D eigenvalue weighted by atomic mass is 9.90. The minimum absolute atomic E-state index is 0.109. The first-order valence-corrected chi connectivity index (χ1v) is 6.16. The lowest BCUT2D eigenvalue weighted by Crippen LogP contribution is -2.14. The van der Waals surface area contributed by atoms with Gasteiger partial charge in [-0.2, -0.15) is 0 Å². The van der Waals surface area contributed by atoms with Crippen molar-refractivity contribution in [3.63, 3.8) is 0 Å². The van der Waals surface area contributed by atoms with Crippen molar-refractivity contribution in [3.8, 4) is 0 Å². The van der Waals surface area contributed by atoms with Crippen molar-refractivity contribution in [3.05, 3.63) is 35.1 Å². The van der Waals surface area contributed by atoms with E-state index in [-0.39, 0.29) is 17.6 Å². The molecule has 1 aliphatic rings. The first-order chi connectivity index (χ1) is 8.65. The predicted octanol–water partition coefficient (Wildman–Crippen LogP) is 2.89. The van der Waals surface area contributed by atoms with Crippen LogP contribution >= 0.6 is 0 Å². The molecule has 3 nitrogen and oxygen atoms in total. The van der Waals surface area contributed by atoms with E-state index >= 15 is 0 Å². The molecule has 0 spiro atoms. The Labute approximate surface area is 106 Å². The molecule has 0 aromatic heterocycles. The van der Waals surface area contributed by atoms with Crippen LogP contribution in [0.3, 0.4) is 0 Å². The van der Waals surface area contributed by atoms with Gasteiger partial charge in [0.05, 0.1) is 18.8 Å². The number of esters is 1. The molecule has 0 N–H and O–H groups in total. The van der Waals surface area contributed by atoms with Crippen molar-refractivity contribution in [2.75, 3.05) is 13.7 Å². The summed E-state index contributed by atoms with van der Waals surface area (Å²) in [4.78, 5) is 11.5. The van der Waals surface area contributed by atoms with Gasteiger partial charge in [-0.25, -0.2) is 9.18 Å². The van der Waals surface area contributed by atoms with Gasteiger partial charge in [-0.1, -0.05) is 6.92 Å². The van der Waals surface area contributed by atoms with Crippen LogP contribution in [0.4, 0.5) is 4.39 Å². The van der Waals surface area contributed by atoms with Crippen LogP contribution in [0.5, 0.6) is 0 Å². The second-order valence-corrected chi connectivity index (χ2v) is 4.48. The molecule has 1 fully saturated rings. The van der Waals surface area contributed by atoms with Crippen LogP contribution in [0.1, 0.15) is 41.6 Å². The van der Waals surface area contributed by atoms with Gasteiger partial charge in [0.25, 0.3) is 0 Å². The summed E-state index contributed by atoms with van der Waals surface area (Å²) in [5, 5.41) is 0. The fraction of sp³-hybridized carbons (Fsp3) is 0.500. The van der Waals surface area contributed by atoms with E-state index in [1.165, 1.54) is 19.2 Å². The molecule has 1 aliphatic heterocycles. The van der Waals surface area contributed by atoms with Crippen LogP contribution in [-0.2, 0) is 9.47 Å². The third-order valence-corrected chi connectivity index (χ3v) is 3.38. The molecule has 18 heavy (non-hydrogen) atoms. The zero-order valence-electron chi connectivity index (χ0n) is 10.6. The van der Waals surface area contributed by atoms with Crippen LogP contribution in [0.15, 0.2) is 18.2 Å². The molecule has 1 saturated heterocycles. The largest absolute Gasteiger partial charge is 0.465 e. The van der Waals surface area contributed by atoms with Crippen molar-refractivity contribution < 1.29 is 18.7 Å². The topological polar surface area (TPSA) is 35.5 Å². The van der Waals surface area contributed by atoms with Crippen LogP contribution in [0, 0.1) is 5.82 Å². The van der Waals surface area contributed by atoms with Crippen LogP contribution in [0.2, 0.25) is 0 Å². The zero-order valence-corrected chi connectivity index (χ0v) is 10.6. The predicted molar refractivity (Wildman–Crippen MR) is 65.1 cm³/mol. The van der Waals surface area contributed by atoms with Gasteiger partial charge in [0.1, 0.15) is 5.82 Å². The number of methoxy groups -OCH3 is 1. The van der Waals surface area contributed by atoms with Crippen molar-refractivity contribution in [2.45, 2.75) is 31.8 Å². The molecule has 0 radical (unpaired) electrons. The van der Waals surface area contributed by atoms with Gasteiger partial charge in [-0.15, -0.1) is 0 Å². The van der Waals surface area contributed by atoms with Crippen LogP contribution in [-0.4, -0.2) is 25.8 Å². The highest BCUT2D eigenvalue weighted by Crippen LogP contribution is 2.33. The number of hydrogen-bond donors (Lipinski definition) is 0. The molecule has 4 heteroatoms. The first kappa shape index (κ1) is 13.0. The molecule has 0 aliphatic carbocycles. The zero-order chi connectivity index (χ0) is 13.1. The summed E-state index contributed by atoms with van der Waals surface area (Å²) in [6, 6.07) is 4.39. The summed E-state index contributed by atoms with van der Waals surface area (Å²) < 4.78 is 23.8. The summed E-state index contributed by atoms with van der Waals surface area (Å²) in [6.07, 6.45) is 1.86. The standard InChI is InChI=1S/C14H17FO3/c1-3-13-12(4-5-18-13)9-6-10(14(16)17-2)8-11(15)7-9/h6-8,12-13H,3-5H2,1-2H3. The Kier molecular flexibility index (Phi) is 3.97. The molecule has 1 heterocycles. The van der Waals surface area contributed by atoms with Crippen molar-refractivity contribution in [1.29, 1.82) is 0 Å². The average Bonchev–Trinajstić information content (AvgIpc) is 2.85. The summed E-state index contributed by atoms with van der Waals surface area (Å²) in [7, 11) is 1.29. The maximum atomic E-state index is 13.6. The second-order valence-electron chi connectivity index (χ2n) is 4.48. The maximum Gasteiger partial charge on any atom is 0.337 e. The molecule has 98 valence electrons. The van der Waals surface area contributed by atoms with Crippen LogP contribution in [0.25, 0.3) is 0 Å². The van der Waals surface area contributed by atoms with E-state index in [1.54, 1.807) is 6.07 Å². The van der Waals surface area contributed by atoms with E-state index in [1.807, 2.05) is 6.92 Å². The van der Waals surface area contributed by atoms with Crippen LogP contribution < -0.4 is 0 Å². The number of carbonyl (C=O) groups is 1. The minimum Gasteiger partial charge on any atom is -0.465 e. The number of benzene rings is 1. The van der Waals surface area contributed by atoms with E-state index in [4.69, 9.17) is 4.74 Å². The molecule has 0 saturated carbocycles. The normalized spacial score (nSPS) is 23.1. The summed E-state index contributed by atoms with van der Waals surface area (Å²) >= 11 is 0. The van der Waals surface area contributed by atoms with E-state index < -0.39 is 11.8 Å². The van der Waals surface area contributed by atoms with Gasteiger partial charge in [-0.05, 0) is 36.6 Å². The quantitative estimate of drug-likeness (QED) is 0.776. The van der Waals surface area contributed by atoms with Gasteiger partial charge in [0.2, 0.25) is 0 Å². The van der Waals surface area contributed by atoms with E-state index in [0.717, 1.165) is 18.4 Å². The number of carbonyl (C=O) groups excluding carboxylic acids is 1. The van der Waals surface area contributed by atoms with E-state index in [0.29, 0.717) is 6.61 Å². The Hall–Kier alpha value is -1.42. The SMILES string of the molecule is CCC1OCCC1c1cc(F)cc(C(=O)OC)c1. The molecular weight excluding hydrogens is 235 g/mol. The highest BCUT2D eigenvalue weighted by atomic mass is 19.1. The van der Waals surface area contributed by atoms with Gasteiger partial charge in [0.15, 0.2) is 0 Å². The summed E-state index contributed by atoms with van der Waals surface area (Å²) in [5.41, 5.74) is 1.08. The molecule has 1 aromatic rings. The Morgan fingerprint density at radius 3 is 2.94 bits per heavy atom. The smallest absolute Gasteiger partial charge is 0.337 e. The lowest BCUT2D eigenvalue weighted by molar-refractivity contribution is 0.0599. The highest BCUT2D eigenvalue weighted by Gasteiger charge is 2.29. The minimum atomic E-state index is -0.511. The molecule has 2 atom stereocenters. The number of ether oxygens (including phenoxy) is 2. The van der Waals surface area contributed by atoms with Crippen molar-refractivity contribution in [1.82, 2.24) is 0 Å². The second kappa shape index (κ2) is 5.48. The average molecular weight is 252 g/mol. The van der Waals surface area contributed by atoms with Crippen molar-refractivity contribution in [2.24, 2.45) is 0 Å². The highest BCUT2D eigenvalue weighted by molar-refractivity contribution is 5.89. The third kappa shape index (κ3) is 2.53. The fourth-order valence-corrected chi connectivity index (χ4v) is 2.49. The Bertz CT molecular complexity index is 445.